The van der Waals surface area contributed by atoms with Crippen molar-refractivity contribution in [2.45, 2.75) is 18.6 Å². The monoisotopic (exact) mass is 266 g/mol. The highest BCUT2D eigenvalue weighted by Gasteiger charge is 2.09. The predicted octanol–water partition coefficient (Wildman–Crippen LogP) is 1.15. The molecule has 0 aliphatic rings. The number of carbonyl (C=O) groups is 1. The number of carboxylic acids is 1. The number of aliphatic carboxylic acids is 1. The van der Waals surface area contributed by atoms with Gasteiger partial charge in [-0.3, -0.25) is 9.48 Å². The second-order valence-electron chi connectivity index (χ2n) is 3.90. The van der Waals surface area contributed by atoms with E-state index in [1.165, 1.54) is 11.8 Å². The molecule has 0 unspecified atom stereocenters. The molecular weight excluding hydrogens is 252 g/mol. The lowest BCUT2D eigenvalue weighted by atomic mass is 10.2. The molecule has 0 radical (unpaired) electrons. The zero-order valence-electron chi connectivity index (χ0n) is 10.2. The molecule has 0 aromatic carbocycles. The number of aryl methyl sites for hydroxylation is 1. The van der Waals surface area contributed by atoms with Gasteiger partial charge in [0.1, 0.15) is 0 Å². The van der Waals surface area contributed by atoms with E-state index in [1.54, 1.807) is 6.20 Å². The van der Waals surface area contributed by atoms with Crippen LogP contribution in [0.3, 0.4) is 0 Å². The first kappa shape index (κ1) is 12.7. The quantitative estimate of drug-likeness (QED) is 0.822. The summed E-state index contributed by atoms with van der Waals surface area (Å²) in [6, 6.07) is 0. The third-order valence-corrected chi connectivity index (χ3v) is 3.67. The molecule has 0 atom stereocenters. The molecule has 2 aromatic rings. The summed E-state index contributed by atoms with van der Waals surface area (Å²) in [5.41, 5.74) is 2.20. The largest absolute Gasteiger partial charge is 0.481 e. The third-order valence-electron chi connectivity index (χ3n) is 2.68. The van der Waals surface area contributed by atoms with Crippen molar-refractivity contribution < 1.29 is 9.90 Å². The Morgan fingerprint density at radius 1 is 1.56 bits per heavy atom. The molecule has 6 nitrogen and oxygen atoms in total. The Morgan fingerprint density at radius 3 is 2.94 bits per heavy atom. The summed E-state index contributed by atoms with van der Waals surface area (Å²) < 4.78 is 3.74. The Balaban J connectivity index is 2.12. The van der Waals surface area contributed by atoms with Crippen molar-refractivity contribution in [2.24, 2.45) is 7.05 Å². The van der Waals surface area contributed by atoms with Gasteiger partial charge < -0.3 is 9.67 Å². The van der Waals surface area contributed by atoms with E-state index in [0.29, 0.717) is 11.7 Å². The van der Waals surface area contributed by atoms with Gasteiger partial charge in [-0.25, -0.2) is 4.98 Å². The molecule has 0 saturated carbocycles. The van der Waals surface area contributed by atoms with E-state index in [0.717, 1.165) is 11.3 Å². The van der Waals surface area contributed by atoms with E-state index < -0.39 is 5.97 Å². The Kier molecular flexibility index (Phi) is 3.71. The van der Waals surface area contributed by atoms with Crippen LogP contribution >= 0.6 is 11.8 Å². The van der Waals surface area contributed by atoms with Crippen molar-refractivity contribution in [1.29, 1.82) is 0 Å². The average molecular weight is 266 g/mol. The minimum Gasteiger partial charge on any atom is -0.481 e. The summed E-state index contributed by atoms with van der Waals surface area (Å²) in [6.07, 6.45) is 5.34. The number of aromatic nitrogens is 4. The zero-order valence-corrected chi connectivity index (χ0v) is 11.0. The average Bonchev–Trinajstić information content (AvgIpc) is 2.88. The van der Waals surface area contributed by atoms with Crippen LogP contribution in [0, 0.1) is 6.92 Å². The van der Waals surface area contributed by atoms with Gasteiger partial charge in [0.15, 0.2) is 5.16 Å². The van der Waals surface area contributed by atoms with Crippen LogP contribution in [0.5, 0.6) is 0 Å². The fraction of sp³-hybridized carbons (Fsp3) is 0.364. The molecule has 96 valence electrons. The van der Waals surface area contributed by atoms with Gasteiger partial charge in [-0.2, -0.15) is 5.10 Å². The number of hydrogen-bond acceptors (Lipinski definition) is 4. The molecule has 0 aliphatic heterocycles. The molecule has 0 bridgehead atoms. The Hall–Kier alpha value is -1.76. The first-order valence-corrected chi connectivity index (χ1v) is 6.39. The van der Waals surface area contributed by atoms with Crippen LogP contribution in [-0.4, -0.2) is 36.2 Å². The normalized spacial score (nSPS) is 10.8. The Labute approximate surface area is 109 Å². The summed E-state index contributed by atoms with van der Waals surface area (Å²) in [5, 5.41) is 13.6. The third kappa shape index (κ3) is 2.73. The summed E-state index contributed by atoms with van der Waals surface area (Å²) in [6.45, 7) is 2.66. The molecule has 0 saturated heterocycles. The smallest absolute Gasteiger partial charge is 0.313 e. The number of rotatable bonds is 5. The van der Waals surface area contributed by atoms with Gasteiger partial charge in [0.2, 0.25) is 0 Å². The fourth-order valence-electron chi connectivity index (χ4n) is 1.57. The van der Waals surface area contributed by atoms with Crippen LogP contribution in [-0.2, 0) is 18.4 Å². The van der Waals surface area contributed by atoms with Crippen LogP contribution in [0.15, 0.2) is 23.7 Å². The SMILES string of the molecule is Cc1c(Cn2ccnc2SCC(=O)O)cnn1C. The maximum Gasteiger partial charge on any atom is 0.313 e. The minimum atomic E-state index is -0.841. The Morgan fingerprint density at radius 2 is 2.33 bits per heavy atom. The summed E-state index contributed by atoms with van der Waals surface area (Å²) in [5.74, 6) is -0.824. The number of thioether (sulfide) groups is 1. The Bertz CT molecular complexity index is 561. The van der Waals surface area contributed by atoms with Gasteiger partial charge in [-0.1, -0.05) is 11.8 Å². The number of nitrogens with zero attached hydrogens (tertiary/aromatic N) is 4. The summed E-state index contributed by atoms with van der Waals surface area (Å²) >= 11 is 1.22. The van der Waals surface area contributed by atoms with E-state index >= 15 is 0 Å². The van der Waals surface area contributed by atoms with Crippen molar-refractivity contribution in [2.75, 3.05) is 5.75 Å². The van der Waals surface area contributed by atoms with Crippen molar-refractivity contribution >= 4 is 17.7 Å². The van der Waals surface area contributed by atoms with E-state index in [-0.39, 0.29) is 5.75 Å². The molecule has 2 aromatic heterocycles. The number of imidazole rings is 1. The minimum absolute atomic E-state index is 0.0169. The molecule has 18 heavy (non-hydrogen) atoms. The van der Waals surface area contributed by atoms with Crippen LogP contribution in [0.25, 0.3) is 0 Å². The van der Waals surface area contributed by atoms with Gasteiger partial charge in [0, 0.05) is 30.7 Å². The van der Waals surface area contributed by atoms with E-state index in [1.807, 2.05) is 35.6 Å². The molecule has 0 aliphatic carbocycles. The molecule has 2 heterocycles. The highest BCUT2D eigenvalue weighted by atomic mass is 32.2. The van der Waals surface area contributed by atoms with Crippen LogP contribution in [0.2, 0.25) is 0 Å². The van der Waals surface area contributed by atoms with E-state index in [2.05, 4.69) is 10.1 Å². The lowest BCUT2D eigenvalue weighted by Crippen LogP contribution is -2.04. The van der Waals surface area contributed by atoms with Crippen molar-refractivity contribution in [3.8, 4) is 0 Å². The van der Waals surface area contributed by atoms with Crippen molar-refractivity contribution in [3.05, 3.63) is 29.8 Å². The lowest BCUT2D eigenvalue weighted by molar-refractivity contribution is -0.133. The van der Waals surface area contributed by atoms with Crippen LogP contribution in [0.4, 0.5) is 0 Å². The van der Waals surface area contributed by atoms with Gasteiger partial charge in [0.25, 0.3) is 0 Å². The van der Waals surface area contributed by atoms with Crippen molar-refractivity contribution in [3.63, 3.8) is 0 Å². The standard InChI is InChI=1S/C11H14N4O2S/c1-8-9(5-13-14(8)2)6-15-4-3-12-11(15)18-7-10(16)17/h3-5H,6-7H2,1-2H3,(H,16,17). The number of carboxylic acid groups (broad SMARTS) is 1. The summed E-state index contributed by atoms with van der Waals surface area (Å²) in [4.78, 5) is 14.7. The van der Waals surface area contributed by atoms with Gasteiger partial charge >= 0.3 is 5.97 Å². The highest BCUT2D eigenvalue weighted by Crippen LogP contribution is 2.17. The van der Waals surface area contributed by atoms with Gasteiger partial charge in [-0.15, -0.1) is 0 Å². The number of hydrogen-bond donors (Lipinski definition) is 1. The molecular formula is C11H14N4O2S. The summed E-state index contributed by atoms with van der Waals surface area (Å²) in [7, 11) is 1.90. The van der Waals surface area contributed by atoms with Gasteiger partial charge in [0.05, 0.1) is 18.5 Å². The molecule has 2 rings (SSSR count). The van der Waals surface area contributed by atoms with Gasteiger partial charge in [-0.05, 0) is 6.92 Å². The topological polar surface area (TPSA) is 72.9 Å². The highest BCUT2D eigenvalue weighted by molar-refractivity contribution is 7.99. The van der Waals surface area contributed by atoms with Crippen molar-refractivity contribution in [1.82, 2.24) is 19.3 Å². The first-order chi connectivity index (χ1) is 8.58. The van der Waals surface area contributed by atoms with E-state index in [9.17, 15) is 4.79 Å². The predicted molar refractivity (Wildman–Crippen MR) is 67.6 cm³/mol. The van der Waals surface area contributed by atoms with Crippen LogP contribution < -0.4 is 0 Å². The second-order valence-corrected chi connectivity index (χ2v) is 4.84. The lowest BCUT2D eigenvalue weighted by Gasteiger charge is -2.06. The molecule has 7 heteroatoms. The second kappa shape index (κ2) is 5.26. The maximum atomic E-state index is 10.6. The molecule has 0 spiro atoms. The molecule has 1 N–H and O–H groups in total. The first-order valence-electron chi connectivity index (χ1n) is 5.41. The van der Waals surface area contributed by atoms with E-state index in [4.69, 9.17) is 5.11 Å². The van der Waals surface area contributed by atoms with Crippen LogP contribution in [0.1, 0.15) is 11.3 Å². The fourth-order valence-corrected chi connectivity index (χ4v) is 2.24. The zero-order chi connectivity index (χ0) is 13.1. The molecule has 0 fully saturated rings. The molecule has 0 amide bonds. The maximum absolute atomic E-state index is 10.6.